The Hall–Kier alpha value is -1.59. The second-order valence-electron chi connectivity index (χ2n) is 7.44. The van der Waals surface area contributed by atoms with Gasteiger partial charge in [-0.15, -0.1) is 0 Å². The topological polar surface area (TPSA) is 50.8 Å². The Balaban J connectivity index is 2.02. The molecule has 25 heavy (non-hydrogen) atoms. The van der Waals surface area contributed by atoms with E-state index in [-0.39, 0.29) is 17.6 Å². The van der Waals surface area contributed by atoms with Crippen molar-refractivity contribution >= 4 is 5.91 Å². The van der Waals surface area contributed by atoms with Gasteiger partial charge in [0.25, 0.3) is 0 Å². The van der Waals surface area contributed by atoms with Gasteiger partial charge in [0, 0.05) is 25.2 Å². The third-order valence-electron chi connectivity index (χ3n) is 4.76. The van der Waals surface area contributed by atoms with Crippen LogP contribution >= 0.6 is 0 Å². The molecule has 1 aliphatic rings. The van der Waals surface area contributed by atoms with Crippen LogP contribution in [0.15, 0.2) is 24.3 Å². The number of carbonyl (C=O) groups excluding carboxylic acids is 1. The van der Waals surface area contributed by atoms with Crippen LogP contribution < -0.4 is 10.1 Å². The molecule has 140 valence electrons. The number of amides is 1. The molecule has 1 N–H and O–H groups in total. The Morgan fingerprint density at radius 2 is 2.24 bits per heavy atom. The number of nitrogens with one attached hydrogen (secondary N) is 1. The molecule has 0 aromatic heterocycles. The summed E-state index contributed by atoms with van der Waals surface area (Å²) in [6.07, 6.45) is 3.29. The molecule has 0 saturated carbocycles. The van der Waals surface area contributed by atoms with Gasteiger partial charge in [-0.05, 0) is 50.8 Å². The SMILES string of the molecule is CCC(C)(C)NC(=O)CN(Cc1cccc(OC)c1)CC1CCCO1. The summed E-state index contributed by atoms with van der Waals surface area (Å²) in [6.45, 7) is 8.87. The fourth-order valence-corrected chi connectivity index (χ4v) is 3.00. The first-order chi connectivity index (χ1) is 11.9. The van der Waals surface area contributed by atoms with Gasteiger partial charge in [-0.25, -0.2) is 0 Å². The second kappa shape index (κ2) is 9.20. The molecule has 2 rings (SSSR count). The molecule has 0 radical (unpaired) electrons. The second-order valence-corrected chi connectivity index (χ2v) is 7.44. The van der Waals surface area contributed by atoms with Crippen molar-refractivity contribution in [2.75, 3.05) is 26.8 Å². The smallest absolute Gasteiger partial charge is 0.234 e. The number of carbonyl (C=O) groups is 1. The number of benzene rings is 1. The lowest BCUT2D eigenvalue weighted by Gasteiger charge is -2.29. The van der Waals surface area contributed by atoms with E-state index in [1.807, 2.05) is 18.2 Å². The van der Waals surface area contributed by atoms with Crippen LogP contribution in [0.3, 0.4) is 0 Å². The molecule has 1 aromatic carbocycles. The highest BCUT2D eigenvalue weighted by molar-refractivity contribution is 5.78. The minimum atomic E-state index is -0.178. The maximum atomic E-state index is 12.5. The monoisotopic (exact) mass is 348 g/mol. The van der Waals surface area contributed by atoms with Crippen molar-refractivity contribution < 1.29 is 14.3 Å². The van der Waals surface area contributed by atoms with Gasteiger partial charge in [-0.2, -0.15) is 0 Å². The quantitative estimate of drug-likeness (QED) is 0.745. The van der Waals surface area contributed by atoms with E-state index in [0.717, 1.165) is 43.7 Å². The van der Waals surface area contributed by atoms with Crippen LogP contribution in [-0.2, 0) is 16.1 Å². The molecule has 0 aliphatic carbocycles. The zero-order valence-electron chi connectivity index (χ0n) is 16.0. The van der Waals surface area contributed by atoms with E-state index in [1.54, 1.807) is 7.11 Å². The number of ether oxygens (including phenoxy) is 2. The van der Waals surface area contributed by atoms with Crippen molar-refractivity contribution in [3.05, 3.63) is 29.8 Å². The average Bonchev–Trinajstić information content (AvgIpc) is 3.07. The van der Waals surface area contributed by atoms with E-state index in [1.165, 1.54) is 0 Å². The minimum absolute atomic E-state index is 0.0627. The van der Waals surface area contributed by atoms with Gasteiger partial charge in [0.15, 0.2) is 0 Å². The van der Waals surface area contributed by atoms with Crippen molar-refractivity contribution in [2.45, 2.75) is 58.2 Å². The number of nitrogens with zero attached hydrogens (tertiary/aromatic N) is 1. The number of hydrogen-bond acceptors (Lipinski definition) is 4. The van der Waals surface area contributed by atoms with Gasteiger partial charge >= 0.3 is 0 Å². The molecule has 1 amide bonds. The number of hydrogen-bond donors (Lipinski definition) is 1. The normalized spacial score (nSPS) is 17.7. The van der Waals surface area contributed by atoms with E-state index in [2.05, 4.69) is 37.1 Å². The molecule has 1 atom stereocenters. The predicted octanol–water partition coefficient (Wildman–Crippen LogP) is 2.98. The van der Waals surface area contributed by atoms with Crippen molar-refractivity contribution in [2.24, 2.45) is 0 Å². The standard InChI is InChI=1S/C20H32N2O3/c1-5-20(2,3)21-19(23)15-22(14-18-10-7-11-25-18)13-16-8-6-9-17(12-16)24-4/h6,8-9,12,18H,5,7,10-11,13-15H2,1-4H3,(H,21,23). The summed E-state index contributed by atoms with van der Waals surface area (Å²) in [5.41, 5.74) is 0.961. The van der Waals surface area contributed by atoms with Crippen LogP contribution in [0.2, 0.25) is 0 Å². The molecule has 1 aliphatic heterocycles. The van der Waals surface area contributed by atoms with Crippen LogP contribution in [0.5, 0.6) is 5.75 Å². The van der Waals surface area contributed by atoms with Crippen LogP contribution in [-0.4, -0.2) is 49.3 Å². The lowest BCUT2D eigenvalue weighted by atomic mass is 10.0. The Labute approximate surface area is 151 Å². The van der Waals surface area contributed by atoms with Gasteiger partial charge in [0.2, 0.25) is 5.91 Å². The van der Waals surface area contributed by atoms with Crippen molar-refractivity contribution in [3.63, 3.8) is 0 Å². The van der Waals surface area contributed by atoms with Crippen LogP contribution in [0, 0.1) is 0 Å². The van der Waals surface area contributed by atoms with E-state index < -0.39 is 0 Å². The summed E-state index contributed by atoms with van der Waals surface area (Å²) in [5, 5.41) is 3.12. The van der Waals surface area contributed by atoms with E-state index in [0.29, 0.717) is 13.1 Å². The molecular formula is C20H32N2O3. The maximum absolute atomic E-state index is 12.5. The van der Waals surface area contributed by atoms with Crippen molar-refractivity contribution in [1.29, 1.82) is 0 Å². The van der Waals surface area contributed by atoms with Crippen LogP contribution in [0.1, 0.15) is 45.6 Å². The van der Waals surface area contributed by atoms with E-state index in [4.69, 9.17) is 9.47 Å². The lowest BCUT2D eigenvalue weighted by Crippen LogP contribution is -2.48. The van der Waals surface area contributed by atoms with Gasteiger partial charge in [-0.1, -0.05) is 19.1 Å². The fraction of sp³-hybridized carbons (Fsp3) is 0.650. The molecule has 0 spiro atoms. The Morgan fingerprint density at radius 1 is 1.44 bits per heavy atom. The summed E-state index contributed by atoms with van der Waals surface area (Å²) in [4.78, 5) is 14.7. The van der Waals surface area contributed by atoms with Crippen molar-refractivity contribution in [1.82, 2.24) is 10.2 Å². The van der Waals surface area contributed by atoms with Gasteiger partial charge < -0.3 is 14.8 Å². The largest absolute Gasteiger partial charge is 0.497 e. The lowest BCUT2D eigenvalue weighted by molar-refractivity contribution is -0.124. The van der Waals surface area contributed by atoms with Crippen molar-refractivity contribution in [3.8, 4) is 5.75 Å². The molecular weight excluding hydrogens is 316 g/mol. The highest BCUT2D eigenvalue weighted by Crippen LogP contribution is 2.18. The molecule has 1 unspecified atom stereocenters. The highest BCUT2D eigenvalue weighted by Gasteiger charge is 2.23. The third kappa shape index (κ3) is 6.67. The average molecular weight is 348 g/mol. The Morgan fingerprint density at radius 3 is 2.88 bits per heavy atom. The number of rotatable bonds is 9. The van der Waals surface area contributed by atoms with Crippen LogP contribution in [0.4, 0.5) is 0 Å². The fourth-order valence-electron chi connectivity index (χ4n) is 3.00. The van der Waals surface area contributed by atoms with Gasteiger partial charge in [0.05, 0.1) is 19.8 Å². The van der Waals surface area contributed by atoms with Crippen LogP contribution in [0.25, 0.3) is 0 Å². The summed E-state index contributed by atoms with van der Waals surface area (Å²) < 4.78 is 11.1. The summed E-state index contributed by atoms with van der Waals surface area (Å²) in [7, 11) is 1.67. The molecule has 5 heteroatoms. The summed E-state index contributed by atoms with van der Waals surface area (Å²) >= 11 is 0. The minimum Gasteiger partial charge on any atom is -0.497 e. The van der Waals surface area contributed by atoms with E-state index in [9.17, 15) is 4.79 Å². The van der Waals surface area contributed by atoms with Gasteiger partial charge in [-0.3, -0.25) is 9.69 Å². The third-order valence-corrected chi connectivity index (χ3v) is 4.76. The van der Waals surface area contributed by atoms with Gasteiger partial charge in [0.1, 0.15) is 5.75 Å². The Bertz CT molecular complexity index is 554. The first-order valence-electron chi connectivity index (χ1n) is 9.20. The molecule has 1 aromatic rings. The molecule has 1 heterocycles. The molecule has 0 bridgehead atoms. The molecule has 1 fully saturated rings. The summed E-state index contributed by atoms with van der Waals surface area (Å²) in [6, 6.07) is 8.01. The zero-order valence-corrected chi connectivity index (χ0v) is 16.0. The zero-order chi connectivity index (χ0) is 18.3. The Kier molecular flexibility index (Phi) is 7.26. The maximum Gasteiger partial charge on any atom is 0.234 e. The first-order valence-corrected chi connectivity index (χ1v) is 9.20. The summed E-state index contributed by atoms with van der Waals surface area (Å²) in [5.74, 6) is 0.902. The predicted molar refractivity (Wildman–Crippen MR) is 99.8 cm³/mol. The molecule has 1 saturated heterocycles. The number of methoxy groups -OCH3 is 1. The highest BCUT2D eigenvalue weighted by atomic mass is 16.5. The molecule has 5 nitrogen and oxygen atoms in total. The first kappa shape index (κ1) is 19.7. The van der Waals surface area contributed by atoms with E-state index >= 15 is 0 Å².